The number of hydrogen-bond donors (Lipinski definition) is 1. The maximum atomic E-state index is 9.07. The standard InChI is InChI=1S/C13H14BrN5/c1-9(2)19-13(17-8-18-19)7-16-12-5-11(14)4-3-10(12)6-15/h3-5,8-9,16H,7H2,1-2H3. The summed E-state index contributed by atoms with van der Waals surface area (Å²) >= 11 is 3.40. The number of nitrogens with zero attached hydrogens (tertiary/aromatic N) is 4. The van der Waals surface area contributed by atoms with Gasteiger partial charge in [-0.25, -0.2) is 9.67 Å². The monoisotopic (exact) mass is 319 g/mol. The van der Waals surface area contributed by atoms with Crippen molar-refractivity contribution in [2.45, 2.75) is 26.4 Å². The third-order valence-corrected chi connectivity index (χ3v) is 3.17. The summed E-state index contributed by atoms with van der Waals surface area (Å²) in [5.74, 6) is 0.846. The lowest BCUT2D eigenvalue weighted by Gasteiger charge is -2.11. The van der Waals surface area contributed by atoms with Crippen LogP contribution < -0.4 is 5.32 Å². The van der Waals surface area contributed by atoms with E-state index in [2.05, 4.69) is 51.2 Å². The van der Waals surface area contributed by atoms with Crippen LogP contribution in [0, 0.1) is 11.3 Å². The zero-order valence-corrected chi connectivity index (χ0v) is 12.3. The third-order valence-electron chi connectivity index (χ3n) is 2.68. The Morgan fingerprint density at radius 3 is 2.95 bits per heavy atom. The summed E-state index contributed by atoms with van der Waals surface area (Å²) < 4.78 is 2.79. The molecule has 0 bridgehead atoms. The second-order valence-corrected chi connectivity index (χ2v) is 5.29. The van der Waals surface area contributed by atoms with E-state index in [4.69, 9.17) is 5.26 Å². The van der Waals surface area contributed by atoms with Crippen molar-refractivity contribution in [3.05, 3.63) is 40.4 Å². The van der Waals surface area contributed by atoms with Gasteiger partial charge in [-0.3, -0.25) is 0 Å². The van der Waals surface area contributed by atoms with Crippen LogP contribution >= 0.6 is 15.9 Å². The molecule has 0 saturated heterocycles. The molecule has 5 nitrogen and oxygen atoms in total. The minimum atomic E-state index is 0.261. The van der Waals surface area contributed by atoms with Crippen LogP contribution in [0.25, 0.3) is 0 Å². The van der Waals surface area contributed by atoms with E-state index in [0.717, 1.165) is 16.0 Å². The summed E-state index contributed by atoms with van der Waals surface area (Å²) in [4.78, 5) is 4.23. The van der Waals surface area contributed by atoms with E-state index < -0.39 is 0 Å². The van der Waals surface area contributed by atoms with Crippen molar-refractivity contribution in [2.75, 3.05) is 5.32 Å². The maximum Gasteiger partial charge on any atom is 0.146 e. The average molecular weight is 320 g/mol. The fourth-order valence-electron chi connectivity index (χ4n) is 1.77. The first-order chi connectivity index (χ1) is 9.11. The van der Waals surface area contributed by atoms with Crippen LogP contribution in [-0.4, -0.2) is 14.8 Å². The smallest absolute Gasteiger partial charge is 0.146 e. The van der Waals surface area contributed by atoms with Gasteiger partial charge in [0.2, 0.25) is 0 Å². The van der Waals surface area contributed by atoms with E-state index in [9.17, 15) is 0 Å². The molecule has 0 aliphatic rings. The van der Waals surface area contributed by atoms with Crippen molar-refractivity contribution in [2.24, 2.45) is 0 Å². The Bertz CT molecular complexity index is 612. The Balaban J connectivity index is 2.17. The lowest BCUT2D eigenvalue weighted by Crippen LogP contribution is -2.12. The molecule has 6 heteroatoms. The number of nitrogens with one attached hydrogen (secondary N) is 1. The van der Waals surface area contributed by atoms with Gasteiger partial charge in [0.1, 0.15) is 18.2 Å². The van der Waals surface area contributed by atoms with Crippen LogP contribution in [-0.2, 0) is 6.54 Å². The predicted molar refractivity (Wildman–Crippen MR) is 76.6 cm³/mol. The van der Waals surface area contributed by atoms with Crippen molar-refractivity contribution < 1.29 is 0 Å². The van der Waals surface area contributed by atoms with Gasteiger partial charge in [0.25, 0.3) is 0 Å². The topological polar surface area (TPSA) is 66.5 Å². The first-order valence-corrected chi connectivity index (χ1v) is 6.73. The van der Waals surface area contributed by atoms with Crippen LogP contribution in [0.3, 0.4) is 0 Å². The normalized spacial score (nSPS) is 10.5. The average Bonchev–Trinajstić information content (AvgIpc) is 2.85. The molecule has 0 fully saturated rings. The molecule has 19 heavy (non-hydrogen) atoms. The summed E-state index contributed by atoms with van der Waals surface area (Å²) in [5, 5.41) is 16.5. The van der Waals surface area contributed by atoms with Crippen LogP contribution in [0.4, 0.5) is 5.69 Å². The highest BCUT2D eigenvalue weighted by Crippen LogP contribution is 2.21. The summed E-state index contributed by atoms with van der Waals surface area (Å²) in [7, 11) is 0. The molecule has 0 unspecified atom stereocenters. The van der Waals surface area contributed by atoms with Crippen LogP contribution in [0.2, 0.25) is 0 Å². The Kier molecular flexibility index (Phi) is 4.17. The fraction of sp³-hybridized carbons (Fsp3) is 0.308. The molecule has 0 aliphatic heterocycles. The molecule has 1 aromatic carbocycles. The number of anilines is 1. The van der Waals surface area contributed by atoms with Gasteiger partial charge in [0, 0.05) is 10.5 Å². The van der Waals surface area contributed by atoms with Gasteiger partial charge in [-0.15, -0.1) is 0 Å². The van der Waals surface area contributed by atoms with E-state index in [-0.39, 0.29) is 6.04 Å². The number of nitriles is 1. The lowest BCUT2D eigenvalue weighted by molar-refractivity contribution is 0.509. The Labute approximate surface area is 120 Å². The zero-order valence-electron chi connectivity index (χ0n) is 10.8. The maximum absolute atomic E-state index is 9.07. The van der Waals surface area contributed by atoms with Gasteiger partial charge < -0.3 is 5.32 Å². The van der Waals surface area contributed by atoms with Crippen molar-refractivity contribution >= 4 is 21.6 Å². The van der Waals surface area contributed by atoms with Crippen molar-refractivity contribution in [3.8, 4) is 6.07 Å². The van der Waals surface area contributed by atoms with E-state index in [1.165, 1.54) is 0 Å². The minimum Gasteiger partial charge on any atom is -0.377 e. The van der Waals surface area contributed by atoms with E-state index in [1.54, 1.807) is 12.4 Å². The molecule has 2 aromatic rings. The molecule has 0 atom stereocenters. The number of hydrogen-bond acceptors (Lipinski definition) is 4. The van der Waals surface area contributed by atoms with Gasteiger partial charge in [0.15, 0.2) is 0 Å². The second-order valence-electron chi connectivity index (χ2n) is 4.37. The SMILES string of the molecule is CC(C)n1ncnc1CNc1cc(Br)ccc1C#N. The molecular formula is C13H14BrN5. The van der Waals surface area contributed by atoms with Crippen molar-refractivity contribution in [1.29, 1.82) is 5.26 Å². The Morgan fingerprint density at radius 2 is 2.26 bits per heavy atom. The van der Waals surface area contributed by atoms with E-state index in [0.29, 0.717) is 12.1 Å². The van der Waals surface area contributed by atoms with E-state index >= 15 is 0 Å². The van der Waals surface area contributed by atoms with Crippen LogP contribution in [0.5, 0.6) is 0 Å². The molecule has 0 radical (unpaired) electrons. The first-order valence-electron chi connectivity index (χ1n) is 5.93. The number of rotatable bonds is 4. The predicted octanol–water partition coefficient (Wildman–Crippen LogP) is 3.11. The molecule has 1 N–H and O–H groups in total. The highest BCUT2D eigenvalue weighted by Gasteiger charge is 2.08. The number of benzene rings is 1. The highest BCUT2D eigenvalue weighted by molar-refractivity contribution is 9.10. The molecule has 0 amide bonds. The molecule has 1 aromatic heterocycles. The quantitative estimate of drug-likeness (QED) is 0.940. The molecule has 0 aliphatic carbocycles. The molecule has 0 spiro atoms. The Morgan fingerprint density at radius 1 is 1.47 bits per heavy atom. The first kappa shape index (κ1) is 13.6. The fourth-order valence-corrected chi connectivity index (χ4v) is 2.13. The van der Waals surface area contributed by atoms with Crippen molar-refractivity contribution in [1.82, 2.24) is 14.8 Å². The van der Waals surface area contributed by atoms with Crippen molar-refractivity contribution in [3.63, 3.8) is 0 Å². The van der Waals surface area contributed by atoms with E-state index in [1.807, 2.05) is 16.8 Å². The van der Waals surface area contributed by atoms with Crippen LogP contribution in [0.15, 0.2) is 29.0 Å². The summed E-state index contributed by atoms with van der Waals surface area (Å²) in [6.45, 7) is 4.64. The number of aromatic nitrogens is 3. The van der Waals surface area contributed by atoms with Gasteiger partial charge in [-0.1, -0.05) is 15.9 Å². The summed E-state index contributed by atoms with van der Waals surface area (Å²) in [6, 6.07) is 7.93. The molecular weight excluding hydrogens is 306 g/mol. The lowest BCUT2D eigenvalue weighted by atomic mass is 10.2. The van der Waals surface area contributed by atoms with Gasteiger partial charge >= 0.3 is 0 Å². The van der Waals surface area contributed by atoms with Gasteiger partial charge in [-0.2, -0.15) is 10.4 Å². The molecule has 1 heterocycles. The Hall–Kier alpha value is -1.87. The number of halogens is 1. The second kappa shape index (κ2) is 5.85. The summed E-state index contributed by atoms with van der Waals surface area (Å²) in [5.41, 5.74) is 1.40. The molecule has 98 valence electrons. The third kappa shape index (κ3) is 3.12. The minimum absolute atomic E-state index is 0.261. The van der Waals surface area contributed by atoms with Gasteiger partial charge in [0.05, 0.1) is 17.8 Å². The highest BCUT2D eigenvalue weighted by atomic mass is 79.9. The molecule has 2 rings (SSSR count). The van der Waals surface area contributed by atoms with Gasteiger partial charge in [-0.05, 0) is 32.0 Å². The summed E-state index contributed by atoms with van der Waals surface area (Å²) in [6.07, 6.45) is 1.54. The largest absolute Gasteiger partial charge is 0.377 e. The van der Waals surface area contributed by atoms with Crippen LogP contribution in [0.1, 0.15) is 31.3 Å². The zero-order chi connectivity index (χ0) is 13.8. The molecule has 0 saturated carbocycles.